The third-order valence-corrected chi connectivity index (χ3v) is 3.26. The third kappa shape index (κ3) is 4.79. The van der Waals surface area contributed by atoms with Gasteiger partial charge in [-0.15, -0.1) is 0 Å². The van der Waals surface area contributed by atoms with Crippen LogP contribution in [0.15, 0.2) is 23.1 Å². The lowest BCUT2D eigenvalue weighted by Gasteiger charge is -2.17. The second kappa shape index (κ2) is 6.85. The summed E-state index contributed by atoms with van der Waals surface area (Å²) in [6.45, 7) is 4.07. The lowest BCUT2D eigenvalue weighted by molar-refractivity contribution is -0.138. The number of aryl methyl sites for hydroxylation is 1. The van der Waals surface area contributed by atoms with Gasteiger partial charge in [-0.2, -0.15) is 8.42 Å². The van der Waals surface area contributed by atoms with Gasteiger partial charge < -0.3 is 14.2 Å². The third-order valence-electron chi connectivity index (χ3n) is 2.37. The molecule has 0 spiro atoms. The van der Waals surface area contributed by atoms with Gasteiger partial charge in [-0.3, -0.25) is 4.55 Å². The van der Waals surface area contributed by atoms with E-state index in [0.717, 1.165) is 5.56 Å². The van der Waals surface area contributed by atoms with Gasteiger partial charge in [0.1, 0.15) is 17.3 Å². The molecule has 108 valence electrons. The molecule has 0 heterocycles. The number of methoxy groups -OCH3 is 1. The monoisotopic (exact) mass is 290 g/mol. The molecule has 0 fully saturated rings. The second-order valence-electron chi connectivity index (χ2n) is 3.86. The molecule has 0 amide bonds. The highest BCUT2D eigenvalue weighted by Crippen LogP contribution is 2.25. The average Bonchev–Trinajstić information content (AvgIpc) is 2.33. The van der Waals surface area contributed by atoms with Crippen molar-refractivity contribution in [2.45, 2.75) is 25.0 Å². The zero-order valence-electron chi connectivity index (χ0n) is 11.1. The average molecular weight is 290 g/mol. The highest BCUT2D eigenvalue weighted by molar-refractivity contribution is 7.86. The summed E-state index contributed by atoms with van der Waals surface area (Å²) in [4.78, 5) is -0.274. The smallest absolute Gasteiger partial charge is 0.298 e. The van der Waals surface area contributed by atoms with Crippen molar-refractivity contribution in [3.05, 3.63) is 23.8 Å². The van der Waals surface area contributed by atoms with Crippen LogP contribution in [-0.4, -0.2) is 39.6 Å². The molecule has 0 aliphatic carbocycles. The second-order valence-corrected chi connectivity index (χ2v) is 5.25. The lowest BCUT2D eigenvalue weighted by atomic mass is 10.2. The largest absolute Gasteiger partial charge is 0.487 e. The Hall–Kier alpha value is -1.15. The van der Waals surface area contributed by atoms with Crippen LogP contribution in [0.1, 0.15) is 12.5 Å². The van der Waals surface area contributed by atoms with Gasteiger partial charge in [-0.1, -0.05) is 6.07 Å². The Morgan fingerprint density at radius 1 is 1.37 bits per heavy atom. The maximum Gasteiger partial charge on any atom is 0.298 e. The number of benzene rings is 1. The standard InChI is InChI=1S/C12H18O6S/c1-4-17-12(16-3)8-18-10-7-9(2)5-6-11(10)19(13,14)15/h5-7,12H,4,8H2,1-3H3,(H,13,14,15). The fraction of sp³-hybridized carbons (Fsp3) is 0.500. The molecule has 0 aromatic heterocycles. The van der Waals surface area contributed by atoms with E-state index in [-0.39, 0.29) is 17.3 Å². The lowest BCUT2D eigenvalue weighted by Crippen LogP contribution is -2.24. The number of hydrogen-bond acceptors (Lipinski definition) is 5. The van der Waals surface area contributed by atoms with Crippen molar-refractivity contribution in [3.8, 4) is 5.75 Å². The Balaban J connectivity index is 2.90. The topological polar surface area (TPSA) is 82.1 Å². The van der Waals surface area contributed by atoms with Gasteiger partial charge in [0.15, 0.2) is 6.29 Å². The minimum absolute atomic E-state index is 0.0241. The molecule has 0 radical (unpaired) electrons. The number of hydrogen-bond donors (Lipinski definition) is 1. The van der Waals surface area contributed by atoms with Gasteiger partial charge in [0.2, 0.25) is 0 Å². The van der Waals surface area contributed by atoms with E-state index in [4.69, 9.17) is 18.8 Å². The molecule has 1 aromatic rings. The van der Waals surface area contributed by atoms with Crippen molar-refractivity contribution in [3.63, 3.8) is 0 Å². The maximum atomic E-state index is 11.2. The summed E-state index contributed by atoms with van der Waals surface area (Å²) >= 11 is 0. The first-order valence-corrected chi connectivity index (χ1v) is 7.17. The molecule has 6 nitrogen and oxygen atoms in total. The molecule has 1 aromatic carbocycles. The van der Waals surface area contributed by atoms with Crippen molar-refractivity contribution >= 4 is 10.1 Å². The molecule has 7 heteroatoms. The van der Waals surface area contributed by atoms with Gasteiger partial charge in [0.05, 0.1) is 0 Å². The molecule has 0 aliphatic heterocycles. The first kappa shape index (κ1) is 15.9. The van der Waals surface area contributed by atoms with E-state index < -0.39 is 16.4 Å². The van der Waals surface area contributed by atoms with Gasteiger partial charge in [-0.25, -0.2) is 0 Å². The summed E-state index contributed by atoms with van der Waals surface area (Å²) in [6.07, 6.45) is -0.597. The van der Waals surface area contributed by atoms with Crippen LogP contribution in [0.2, 0.25) is 0 Å². The first-order valence-electron chi connectivity index (χ1n) is 5.73. The van der Waals surface area contributed by atoms with Crippen LogP contribution in [0.5, 0.6) is 5.75 Å². The van der Waals surface area contributed by atoms with Crippen molar-refractivity contribution in [2.24, 2.45) is 0 Å². The molecule has 1 atom stereocenters. The zero-order valence-corrected chi connectivity index (χ0v) is 11.9. The zero-order chi connectivity index (χ0) is 14.5. The molecule has 0 bridgehead atoms. The summed E-state index contributed by atoms with van der Waals surface area (Å²) in [5.74, 6) is 0.0734. The van der Waals surface area contributed by atoms with Crippen molar-refractivity contribution in [1.82, 2.24) is 0 Å². The van der Waals surface area contributed by atoms with Crippen molar-refractivity contribution in [2.75, 3.05) is 20.3 Å². The van der Waals surface area contributed by atoms with Gasteiger partial charge in [0.25, 0.3) is 10.1 Å². The van der Waals surface area contributed by atoms with Gasteiger partial charge >= 0.3 is 0 Å². The molecule has 1 N–H and O–H groups in total. The molecule has 1 rings (SSSR count). The Morgan fingerprint density at radius 3 is 2.58 bits per heavy atom. The molecule has 19 heavy (non-hydrogen) atoms. The predicted octanol–water partition coefficient (Wildman–Crippen LogP) is 1.63. The van der Waals surface area contributed by atoms with E-state index in [0.29, 0.717) is 6.61 Å². The number of ether oxygens (including phenoxy) is 3. The Labute approximate surface area is 113 Å². The van der Waals surface area contributed by atoms with Crippen molar-refractivity contribution in [1.29, 1.82) is 0 Å². The van der Waals surface area contributed by atoms with E-state index in [2.05, 4.69) is 0 Å². The highest BCUT2D eigenvalue weighted by atomic mass is 32.2. The van der Waals surface area contributed by atoms with Crippen LogP contribution in [0.3, 0.4) is 0 Å². The summed E-state index contributed by atoms with van der Waals surface area (Å²) in [5.41, 5.74) is 0.813. The highest BCUT2D eigenvalue weighted by Gasteiger charge is 2.18. The van der Waals surface area contributed by atoms with Crippen LogP contribution in [0.25, 0.3) is 0 Å². The van der Waals surface area contributed by atoms with E-state index in [9.17, 15) is 8.42 Å². The molecule has 0 saturated carbocycles. The number of rotatable bonds is 7. The fourth-order valence-corrected chi connectivity index (χ4v) is 2.08. The van der Waals surface area contributed by atoms with E-state index in [1.807, 2.05) is 6.92 Å². The van der Waals surface area contributed by atoms with E-state index in [1.165, 1.54) is 19.2 Å². The van der Waals surface area contributed by atoms with Crippen LogP contribution >= 0.6 is 0 Å². The van der Waals surface area contributed by atoms with Crippen LogP contribution in [0, 0.1) is 6.92 Å². The molecule has 0 saturated heterocycles. The summed E-state index contributed by atoms with van der Waals surface area (Å²) < 4.78 is 47.1. The normalized spacial score (nSPS) is 13.3. The predicted molar refractivity (Wildman–Crippen MR) is 68.9 cm³/mol. The maximum absolute atomic E-state index is 11.2. The SMILES string of the molecule is CCOC(COc1cc(C)ccc1S(=O)(=O)O)OC. The quantitative estimate of drug-likeness (QED) is 0.607. The van der Waals surface area contributed by atoms with E-state index >= 15 is 0 Å². The van der Waals surface area contributed by atoms with Gasteiger partial charge in [0, 0.05) is 13.7 Å². The summed E-state index contributed by atoms with van der Waals surface area (Å²) in [6, 6.07) is 4.40. The Bertz CT molecular complexity index is 511. The van der Waals surface area contributed by atoms with Crippen LogP contribution in [0.4, 0.5) is 0 Å². The minimum Gasteiger partial charge on any atom is -0.487 e. The van der Waals surface area contributed by atoms with Crippen molar-refractivity contribution < 1.29 is 27.2 Å². The molecule has 0 aliphatic rings. The molecular formula is C12H18O6S. The minimum atomic E-state index is -4.32. The van der Waals surface area contributed by atoms with Crippen LogP contribution < -0.4 is 4.74 Å². The molecule has 1 unspecified atom stereocenters. The van der Waals surface area contributed by atoms with E-state index in [1.54, 1.807) is 13.0 Å². The summed E-state index contributed by atoms with van der Waals surface area (Å²) in [5, 5.41) is 0. The first-order chi connectivity index (χ1) is 8.88. The Kier molecular flexibility index (Phi) is 5.74. The fourth-order valence-electron chi connectivity index (χ4n) is 1.47. The summed E-state index contributed by atoms with van der Waals surface area (Å²) in [7, 11) is -2.86. The molecular weight excluding hydrogens is 272 g/mol. The van der Waals surface area contributed by atoms with Gasteiger partial charge in [-0.05, 0) is 31.5 Å². The Morgan fingerprint density at radius 2 is 2.05 bits per heavy atom. The van der Waals surface area contributed by atoms with Crippen LogP contribution in [-0.2, 0) is 19.6 Å².